The van der Waals surface area contributed by atoms with Crippen LogP contribution in [0.25, 0.3) is 10.1 Å². The van der Waals surface area contributed by atoms with Crippen molar-refractivity contribution in [1.29, 1.82) is 0 Å². The van der Waals surface area contributed by atoms with Crippen LogP contribution in [0, 0.1) is 0 Å². The van der Waals surface area contributed by atoms with Gasteiger partial charge in [0.1, 0.15) is 0 Å². The van der Waals surface area contributed by atoms with Gasteiger partial charge in [0.05, 0.1) is 22.4 Å². The number of rotatable bonds is 1. The van der Waals surface area contributed by atoms with Crippen molar-refractivity contribution in [3.8, 4) is 0 Å². The molecule has 0 N–H and O–H groups in total. The van der Waals surface area contributed by atoms with Crippen LogP contribution in [-0.4, -0.2) is 17.5 Å². The molecule has 0 spiro atoms. The molecule has 0 radical (unpaired) electrons. The molecular formula is C9H6ClNO2S. The Balaban J connectivity index is 2.76. The lowest BCUT2D eigenvalue weighted by molar-refractivity contribution is 0.0603. The third-order valence-corrected chi connectivity index (χ3v) is 3.01. The highest BCUT2D eigenvalue weighted by Gasteiger charge is 2.16. The van der Waals surface area contributed by atoms with Gasteiger partial charge in [0.25, 0.3) is 0 Å². The second kappa shape index (κ2) is 3.55. The SMILES string of the molecule is COC(=O)c1c(Cl)ccc2cnsc12. The molecule has 0 bridgehead atoms. The molecule has 2 rings (SSSR count). The lowest BCUT2D eigenvalue weighted by Crippen LogP contribution is -2.01. The van der Waals surface area contributed by atoms with Gasteiger partial charge in [0.2, 0.25) is 0 Å². The van der Waals surface area contributed by atoms with Crippen molar-refractivity contribution in [2.75, 3.05) is 7.11 Å². The zero-order chi connectivity index (χ0) is 10.1. The Labute approximate surface area is 89.4 Å². The van der Waals surface area contributed by atoms with E-state index in [0.717, 1.165) is 10.1 Å². The smallest absolute Gasteiger partial charge is 0.340 e. The van der Waals surface area contributed by atoms with Crippen molar-refractivity contribution in [2.45, 2.75) is 0 Å². The molecule has 0 fully saturated rings. The Morgan fingerprint density at radius 1 is 1.57 bits per heavy atom. The van der Waals surface area contributed by atoms with Crippen LogP contribution in [0.4, 0.5) is 0 Å². The molecule has 1 aromatic carbocycles. The molecule has 0 atom stereocenters. The summed E-state index contributed by atoms with van der Waals surface area (Å²) in [5, 5.41) is 1.30. The maximum absolute atomic E-state index is 11.4. The zero-order valence-electron chi connectivity index (χ0n) is 7.28. The molecule has 0 saturated heterocycles. The highest BCUT2D eigenvalue weighted by atomic mass is 35.5. The molecule has 1 aromatic heterocycles. The number of benzene rings is 1. The zero-order valence-corrected chi connectivity index (χ0v) is 8.85. The summed E-state index contributed by atoms with van der Waals surface area (Å²) in [6, 6.07) is 3.50. The molecule has 0 aliphatic heterocycles. The molecule has 0 unspecified atom stereocenters. The van der Waals surface area contributed by atoms with E-state index in [4.69, 9.17) is 11.6 Å². The van der Waals surface area contributed by atoms with E-state index in [2.05, 4.69) is 9.11 Å². The summed E-state index contributed by atoms with van der Waals surface area (Å²) in [7, 11) is 1.33. The summed E-state index contributed by atoms with van der Waals surface area (Å²) < 4.78 is 9.41. The van der Waals surface area contributed by atoms with Gasteiger partial charge in [-0.05, 0) is 17.6 Å². The quantitative estimate of drug-likeness (QED) is 0.704. The van der Waals surface area contributed by atoms with E-state index in [1.807, 2.05) is 6.07 Å². The normalized spacial score (nSPS) is 10.4. The predicted molar refractivity (Wildman–Crippen MR) is 56.0 cm³/mol. The number of carbonyl (C=O) groups excluding carboxylic acids is 1. The highest BCUT2D eigenvalue weighted by Crippen LogP contribution is 2.29. The summed E-state index contributed by atoms with van der Waals surface area (Å²) in [5.74, 6) is -0.426. The van der Waals surface area contributed by atoms with Gasteiger partial charge in [-0.2, -0.15) is 4.37 Å². The average Bonchev–Trinajstić information content (AvgIpc) is 2.64. The van der Waals surface area contributed by atoms with Crippen LogP contribution in [0.5, 0.6) is 0 Å². The first-order chi connectivity index (χ1) is 6.74. The van der Waals surface area contributed by atoms with Gasteiger partial charge in [-0.25, -0.2) is 4.79 Å². The van der Waals surface area contributed by atoms with E-state index in [1.165, 1.54) is 18.6 Å². The van der Waals surface area contributed by atoms with Crippen molar-refractivity contribution >= 4 is 39.2 Å². The minimum absolute atomic E-state index is 0.397. The van der Waals surface area contributed by atoms with E-state index in [0.29, 0.717) is 10.6 Å². The lowest BCUT2D eigenvalue weighted by Gasteiger charge is -2.02. The fourth-order valence-corrected chi connectivity index (χ4v) is 2.28. The molecule has 5 heteroatoms. The van der Waals surface area contributed by atoms with Gasteiger partial charge in [-0.15, -0.1) is 0 Å². The maximum atomic E-state index is 11.4. The van der Waals surface area contributed by atoms with E-state index in [-0.39, 0.29) is 0 Å². The van der Waals surface area contributed by atoms with Crippen molar-refractivity contribution in [3.63, 3.8) is 0 Å². The monoisotopic (exact) mass is 227 g/mol. The molecule has 1 heterocycles. The van der Waals surface area contributed by atoms with Crippen molar-refractivity contribution in [1.82, 2.24) is 4.37 Å². The van der Waals surface area contributed by atoms with E-state index < -0.39 is 5.97 Å². The highest BCUT2D eigenvalue weighted by molar-refractivity contribution is 7.13. The molecule has 2 aromatic rings. The number of halogens is 1. The standard InChI is InChI=1S/C9H6ClNO2S/c1-13-9(12)7-6(10)3-2-5-4-11-14-8(5)7/h2-4H,1H3. The number of hydrogen-bond donors (Lipinski definition) is 0. The molecular weight excluding hydrogens is 222 g/mol. The van der Waals surface area contributed by atoms with Crippen molar-refractivity contribution < 1.29 is 9.53 Å². The topological polar surface area (TPSA) is 39.2 Å². The van der Waals surface area contributed by atoms with Gasteiger partial charge >= 0.3 is 5.97 Å². The molecule has 14 heavy (non-hydrogen) atoms. The largest absolute Gasteiger partial charge is 0.465 e. The minimum atomic E-state index is -0.426. The average molecular weight is 228 g/mol. The van der Waals surface area contributed by atoms with Crippen LogP contribution in [0.3, 0.4) is 0 Å². The first-order valence-corrected chi connectivity index (χ1v) is 5.00. The van der Waals surface area contributed by atoms with Crippen molar-refractivity contribution in [2.24, 2.45) is 0 Å². The van der Waals surface area contributed by atoms with Gasteiger partial charge < -0.3 is 4.74 Å². The fourth-order valence-electron chi connectivity index (χ4n) is 1.20. The number of esters is 1. The summed E-state index contributed by atoms with van der Waals surface area (Å²) in [6.45, 7) is 0. The Bertz CT molecular complexity index is 495. The molecule has 3 nitrogen and oxygen atoms in total. The summed E-state index contributed by atoms with van der Waals surface area (Å²) >= 11 is 7.15. The Hall–Kier alpha value is -1.13. The Morgan fingerprint density at radius 2 is 2.36 bits per heavy atom. The van der Waals surface area contributed by atoms with Crippen LogP contribution in [-0.2, 0) is 4.74 Å². The second-order valence-electron chi connectivity index (χ2n) is 2.66. The number of nitrogens with zero attached hydrogens (tertiary/aromatic N) is 1. The minimum Gasteiger partial charge on any atom is -0.465 e. The molecule has 0 aliphatic carbocycles. The van der Waals surface area contributed by atoms with Gasteiger partial charge in [-0.3, -0.25) is 0 Å². The maximum Gasteiger partial charge on any atom is 0.340 e. The number of fused-ring (bicyclic) bond motifs is 1. The predicted octanol–water partition coefficient (Wildman–Crippen LogP) is 2.74. The first kappa shape index (κ1) is 9.43. The molecule has 0 amide bonds. The van der Waals surface area contributed by atoms with E-state index in [1.54, 1.807) is 12.3 Å². The Morgan fingerprint density at radius 3 is 3.07 bits per heavy atom. The van der Waals surface area contributed by atoms with Gasteiger partial charge in [0, 0.05) is 11.6 Å². The summed E-state index contributed by atoms with van der Waals surface area (Å²) in [6.07, 6.45) is 1.70. The van der Waals surface area contributed by atoms with Crippen LogP contribution < -0.4 is 0 Å². The number of hydrogen-bond acceptors (Lipinski definition) is 4. The number of carbonyl (C=O) groups is 1. The van der Waals surface area contributed by atoms with Crippen LogP contribution >= 0.6 is 23.1 Å². The van der Waals surface area contributed by atoms with Gasteiger partial charge in [-0.1, -0.05) is 17.7 Å². The summed E-state index contributed by atoms with van der Waals surface area (Å²) in [4.78, 5) is 11.4. The molecule has 0 aliphatic rings. The number of aromatic nitrogens is 1. The molecule has 0 saturated carbocycles. The Kier molecular flexibility index (Phi) is 2.39. The van der Waals surface area contributed by atoms with E-state index >= 15 is 0 Å². The first-order valence-electron chi connectivity index (χ1n) is 3.85. The summed E-state index contributed by atoms with van der Waals surface area (Å²) in [5.41, 5.74) is 0.397. The third-order valence-electron chi connectivity index (χ3n) is 1.86. The van der Waals surface area contributed by atoms with Crippen LogP contribution in [0.1, 0.15) is 10.4 Å². The van der Waals surface area contributed by atoms with Crippen molar-refractivity contribution in [3.05, 3.63) is 28.9 Å². The molecule has 72 valence electrons. The fraction of sp³-hybridized carbons (Fsp3) is 0.111. The van der Waals surface area contributed by atoms with E-state index in [9.17, 15) is 4.79 Å². The van der Waals surface area contributed by atoms with Gasteiger partial charge in [0.15, 0.2) is 0 Å². The van der Waals surface area contributed by atoms with Crippen LogP contribution in [0.15, 0.2) is 18.3 Å². The second-order valence-corrected chi connectivity index (χ2v) is 3.87. The van der Waals surface area contributed by atoms with Crippen LogP contribution in [0.2, 0.25) is 5.02 Å². The number of ether oxygens (including phenoxy) is 1. The number of methoxy groups -OCH3 is 1. The third kappa shape index (κ3) is 1.36. The lowest BCUT2D eigenvalue weighted by atomic mass is 10.2.